The lowest BCUT2D eigenvalue weighted by Crippen LogP contribution is -1.90. The molecule has 1 nitrogen and oxygen atoms in total. The molecule has 0 saturated heterocycles. The Kier molecular flexibility index (Phi) is 4.53. The molecule has 0 aliphatic heterocycles. The number of rotatable bonds is 4. The summed E-state index contributed by atoms with van der Waals surface area (Å²) >= 11 is 0. The predicted octanol–water partition coefficient (Wildman–Crippen LogP) is 6.70. The van der Waals surface area contributed by atoms with Gasteiger partial charge in [0.25, 0.3) is 0 Å². The van der Waals surface area contributed by atoms with E-state index in [2.05, 4.69) is 91.0 Å². The topological polar surface area (TPSA) is 9.23 Å². The summed E-state index contributed by atoms with van der Waals surface area (Å²) in [6.07, 6.45) is 0. The van der Waals surface area contributed by atoms with Crippen molar-refractivity contribution in [1.82, 2.24) is 0 Å². The maximum absolute atomic E-state index is 5.61. The molecule has 0 bridgehead atoms. The lowest BCUT2D eigenvalue weighted by atomic mass is 9.92. The summed E-state index contributed by atoms with van der Waals surface area (Å²) in [6.45, 7) is 0. The molecular formula is C25H20O. The molecule has 0 heterocycles. The van der Waals surface area contributed by atoms with E-state index in [0.29, 0.717) is 0 Å². The van der Waals surface area contributed by atoms with Crippen molar-refractivity contribution < 1.29 is 4.74 Å². The normalized spacial score (nSPS) is 10.5. The highest BCUT2D eigenvalue weighted by Gasteiger charge is 2.11. The van der Waals surface area contributed by atoms with E-state index in [-0.39, 0.29) is 0 Å². The van der Waals surface area contributed by atoms with Gasteiger partial charge in [-0.2, -0.15) is 0 Å². The number of ether oxygens (including phenoxy) is 1. The predicted molar refractivity (Wildman–Crippen MR) is 109 cm³/mol. The Morgan fingerprint density at radius 1 is 0.462 bits per heavy atom. The minimum absolute atomic E-state index is 0.886. The first-order chi connectivity index (χ1) is 12.9. The molecule has 0 saturated carbocycles. The maximum Gasteiger partial charge on any atom is 0.126 e. The summed E-state index contributed by atoms with van der Waals surface area (Å²) in [5.74, 6) is 0.886. The van der Waals surface area contributed by atoms with Gasteiger partial charge in [0.05, 0.1) is 7.11 Å². The van der Waals surface area contributed by atoms with Crippen molar-refractivity contribution in [1.29, 1.82) is 0 Å². The van der Waals surface area contributed by atoms with Crippen LogP contribution < -0.4 is 4.74 Å². The zero-order valence-corrected chi connectivity index (χ0v) is 14.7. The quantitative estimate of drug-likeness (QED) is 0.403. The zero-order chi connectivity index (χ0) is 17.8. The van der Waals surface area contributed by atoms with Crippen LogP contribution in [0.25, 0.3) is 33.4 Å². The third-order valence-corrected chi connectivity index (χ3v) is 4.61. The first-order valence-electron chi connectivity index (χ1n) is 8.75. The fourth-order valence-corrected chi connectivity index (χ4v) is 3.32. The van der Waals surface area contributed by atoms with Gasteiger partial charge in [0.1, 0.15) is 5.75 Å². The highest BCUT2D eigenvalue weighted by Crippen LogP contribution is 2.37. The first kappa shape index (κ1) is 16.2. The molecule has 0 radical (unpaired) electrons. The monoisotopic (exact) mass is 336 g/mol. The van der Waals surface area contributed by atoms with Gasteiger partial charge in [0.15, 0.2) is 0 Å². The van der Waals surface area contributed by atoms with E-state index in [4.69, 9.17) is 4.74 Å². The Balaban J connectivity index is 1.88. The Morgan fingerprint density at radius 2 is 0.962 bits per heavy atom. The third-order valence-electron chi connectivity index (χ3n) is 4.61. The van der Waals surface area contributed by atoms with Crippen LogP contribution in [0.15, 0.2) is 103 Å². The summed E-state index contributed by atoms with van der Waals surface area (Å²) in [4.78, 5) is 0. The second-order valence-corrected chi connectivity index (χ2v) is 6.19. The van der Waals surface area contributed by atoms with Crippen molar-refractivity contribution in [2.45, 2.75) is 0 Å². The van der Waals surface area contributed by atoms with Gasteiger partial charge >= 0.3 is 0 Å². The molecule has 126 valence electrons. The van der Waals surface area contributed by atoms with Crippen molar-refractivity contribution in [3.8, 4) is 39.1 Å². The van der Waals surface area contributed by atoms with Crippen molar-refractivity contribution in [3.63, 3.8) is 0 Å². The van der Waals surface area contributed by atoms with Crippen LogP contribution in [0.2, 0.25) is 0 Å². The van der Waals surface area contributed by atoms with E-state index in [1.54, 1.807) is 7.11 Å². The molecule has 0 aliphatic rings. The van der Waals surface area contributed by atoms with Gasteiger partial charge < -0.3 is 4.74 Å². The van der Waals surface area contributed by atoms with E-state index in [9.17, 15) is 0 Å². The highest BCUT2D eigenvalue weighted by molar-refractivity contribution is 5.86. The van der Waals surface area contributed by atoms with Gasteiger partial charge in [-0.1, -0.05) is 91.0 Å². The first-order valence-corrected chi connectivity index (χ1v) is 8.75. The molecule has 0 aliphatic carbocycles. The van der Waals surface area contributed by atoms with Crippen molar-refractivity contribution in [3.05, 3.63) is 103 Å². The second kappa shape index (κ2) is 7.28. The van der Waals surface area contributed by atoms with Crippen LogP contribution in [0.5, 0.6) is 5.75 Å². The molecule has 26 heavy (non-hydrogen) atoms. The Bertz CT molecular complexity index is 1000. The molecule has 4 aromatic rings. The number of hydrogen-bond acceptors (Lipinski definition) is 1. The van der Waals surface area contributed by atoms with Crippen molar-refractivity contribution in [2.24, 2.45) is 0 Å². The van der Waals surface area contributed by atoms with E-state index in [0.717, 1.165) is 16.9 Å². The van der Waals surface area contributed by atoms with Crippen molar-refractivity contribution in [2.75, 3.05) is 7.11 Å². The fraction of sp³-hybridized carbons (Fsp3) is 0.0400. The number of benzene rings is 4. The van der Waals surface area contributed by atoms with Gasteiger partial charge in [-0.25, -0.2) is 0 Å². The Hall–Kier alpha value is -3.32. The van der Waals surface area contributed by atoms with E-state index in [1.807, 2.05) is 12.1 Å². The molecule has 0 unspecified atom stereocenters. The van der Waals surface area contributed by atoms with Crippen LogP contribution >= 0.6 is 0 Å². The lowest BCUT2D eigenvalue weighted by molar-refractivity contribution is 0.416. The largest absolute Gasteiger partial charge is 0.496 e. The van der Waals surface area contributed by atoms with Crippen LogP contribution in [0, 0.1) is 0 Å². The molecular weight excluding hydrogens is 316 g/mol. The summed E-state index contributed by atoms with van der Waals surface area (Å²) in [7, 11) is 1.72. The molecule has 0 N–H and O–H groups in total. The van der Waals surface area contributed by atoms with Gasteiger partial charge in [-0.15, -0.1) is 0 Å². The van der Waals surface area contributed by atoms with E-state index < -0.39 is 0 Å². The van der Waals surface area contributed by atoms with Gasteiger partial charge in [-0.05, 0) is 39.9 Å². The molecule has 4 rings (SSSR count). The molecule has 0 amide bonds. The second-order valence-electron chi connectivity index (χ2n) is 6.19. The van der Waals surface area contributed by atoms with Crippen LogP contribution in [0.4, 0.5) is 0 Å². The van der Waals surface area contributed by atoms with Crippen molar-refractivity contribution >= 4 is 0 Å². The molecule has 0 aromatic heterocycles. The number of methoxy groups -OCH3 is 1. The van der Waals surface area contributed by atoms with Crippen LogP contribution in [0.1, 0.15) is 0 Å². The molecule has 4 aromatic carbocycles. The minimum atomic E-state index is 0.886. The minimum Gasteiger partial charge on any atom is -0.496 e. The highest BCUT2D eigenvalue weighted by atomic mass is 16.5. The standard InChI is InChI=1S/C25H20O/c1-26-25-17-16-21(18-24(25)20-12-6-3-7-13-20)23-15-9-8-14-22(23)19-10-4-2-5-11-19/h2-18H,1H3. The molecule has 0 atom stereocenters. The average Bonchev–Trinajstić information content (AvgIpc) is 2.74. The van der Waals surface area contributed by atoms with E-state index >= 15 is 0 Å². The number of hydrogen-bond donors (Lipinski definition) is 0. The summed E-state index contributed by atoms with van der Waals surface area (Å²) in [5.41, 5.74) is 7.12. The lowest BCUT2D eigenvalue weighted by Gasteiger charge is -2.14. The Morgan fingerprint density at radius 3 is 1.54 bits per heavy atom. The average molecular weight is 336 g/mol. The smallest absolute Gasteiger partial charge is 0.126 e. The summed E-state index contributed by atoms with van der Waals surface area (Å²) in [6, 6.07) is 35.8. The van der Waals surface area contributed by atoms with Crippen LogP contribution in [0.3, 0.4) is 0 Å². The zero-order valence-electron chi connectivity index (χ0n) is 14.7. The van der Waals surface area contributed by atoms with Gasteiger partial charge in [0, 0.05) is 5.56 Å². The molecule has 0 fully saturated rings. The van der Waals surface area contributed by atoms with E-state index in [1.165, 1.54) is 22.3 Å². The van der Waals surface area contributed by atoms with Crippen LogP contribution in [-0.4, -0.2) is 7.11 Å². The SMILES string of the molecule is COc1ccc(-c2ccccc2-c2ccccc2)cc1-c1ccccc1. The van der Waals surface area contributed by atoms with Gasteiger partial charge in [-0.3, -0.25) is 0 Å². The third kappa shape index (κ3) is 3.12. The Labute approximate surface area is 154 Å². The van der Waals surface area contributed by atoms with Gasteiger partial charge in [0.2, 0.25) is 0 Å². The summed E-state index contributed by atoms with van der Waals surface area (Å²) in [5, 5.41) is 0. The summed E-state index contributed by atoms with van der Waals surface area (Å²) < 4.78 is 5.61. The maximum atomic E-state index is 5.61. The van der Waals surface area contributed by atoms with Crippen LogP contribution in [-0.2, 0) is 0 Å². The molecule has 0 spiro atoms. The fourth-order valence-electron chi connectivity index (χ4n) is 3.32. The molecule has 1 heteroatoms.